The molecule has 0 spiro atoms. The zero-order valence-electron chi connectivity index (χ0n) is 17.4. The maximum absolute atomic E-state index is 15.0. The predicted molar refractivity (Wildman–Crippen MR) is 121 cm³/mol. The summed E-state index contributed by atoms with van der Waals surface area (Å²) < 4.78 is 22.8. The van der Waals surface area contributed by atoms with E-state index < -0.39 is 11.9 Å². The van der Waals surface area contributed by atoms with Crippen LogP contribution in [-0.2, 0) is 4.74 Å². The number of hydrogen-bond acceptors (Lipinski definition) is 5. The van der Waals surface area contributed by atoms with Gasteiger partial charge in [0.2, 0.25) is 5.43 Å². The first-order valence-corrected chi connectivity index (χ1v) is 10.5. The van der Waals surface area contributed by atoms with Crippen LogP contribution in [0.2, 0.25) is 5.02 Å². The van der Waals surface area contributed by atoms with Crippen LogP contribution in [0.15, 0.2) is 65.6 Å². The number of nitrogens with zero attached hydrogens (tertiary/aromatic N) is 5. The molecule has 0 N–H and O–H groups in total. The number of carbonyl (C=O) groups is 1. The Labute approximate surface area is 192 Å². The number of aryl methyl sites for hydroxylation is 1. The van der Waals surface area contributed by atoms with Crippen LogP contribution in [0, 0.1) is 12.7 Å². The van der Waals surface area contributed by atoms with E-state index >= 15 is 0 Å². The van der Waals surface area contributed by atoms with Gasteiger partial charge < -0.3 is 4.74 Å². The van der Waals surface area contributed by atoms with Gasteiger partial charge in [-0.1, -0.05) is 17.7 Å². The van der Waals surface area contributed by atoms with Crippen LogP contribution in [0.4, 0.5) is 14.9 Å². The van der Waals surface area contributed by atoms with E-state index in [2.05, 4.69) is 10.2 Å². The highest BCUT2D eigenvalue weighted by Crippen LogP contribution is 2.25. The third-order valence-electron chi connectivity index (χ3n) is 5.19. The van der Waals surface area contributed by atoms with Crippen molar-refractivity contribution in [3.8, 4) is 22.8 Å². The molecular formula is C23H17ClFN5O3. The summed E-state index contributed by atoms with van der Waals surface area (Å²) in [6, 6.07) is 14.4. The zero-order chi connectivity index (χ0) is 23.1. The molecule has 1 aliphatic rings. The average molecular weight is 466 g/mol. The minimum Gasteiger partial charge on any atom is -0.447 e. The van der Waals surface area contributed by atoms with Gasteiger partial charge in [-0.05, 0) is 49.4 Å². The van der Waals surface area contributed by atoms with Gasteiger partial charge in [-0.25, -0.2) is 18.5 Å². The number of ether oxygens (including phenoxy) is 1. The van der Waals surface area contributed by atoms with Crippen LogP contribution in [0.3, 0.4) is 0 Å². The summed E-state index contributed by atoms with van der Waals surface area (Å²) in [6.45, 7) is 2.41. The highest BCUT2D eigenvalue weighted by atomic mass is 35.5. The molecule has 0 atom stereocenters. The third kappa shape index (κ3) is 3.87. The number of hydrogen-bond donors (Lipinski definition) is 0. The Hall–Kier alpha value is -3.98. The first kappa shape index (κ1) is 20.9. The summed E-state index contributed by atoms with van der Waals surface area (Å²) in [5.74, 6) is -0.603. The van der Waals surface area contributed by atoms with Gasteiger partial charge in [-0.2, -0.15) is 10.2 Å². The molecule has 0 aliphatic carbocycles. The molecular weight excluding hydrogens is 449 g/mol. The Morgan fingerprint density at radius 2 is 1.88 bits per heavy atom. The van der Waals surface area contributed by atoms with Gasteiger partial charge in [0, 0.05) is 17.3 Å². The van der Waals surface area contributed by atoms with E-state index in [-0.39, 0.29) is 23.4 Å². The van der Waals surface area contributed by atoms with Gasteiger partial charge in [0.1, 0.15) is 12.3 Å². The summed E-state index contributed by atoms with van der Waals surface area (Å²) >= 11 is 6.13. The Bertz CT molecular complexity index is 1450. The van der Waals surface area contributed by atoms with Crippen molar-refractivity contribution in [2.45, 2.75) is 6.92 Å². The Kier molecular flexibility index (Phi) is 5.18. The van der Waals surface area contributed by atoms with Crippen molar-refractivity contribution in [1.82, 2.24) is 19.6 Å². The second-order valence-electron chi connectivity index (χ2n) is 7.44. The Morgan fingerprint density at radius 3 is 2.61 bits per heavy atom. The molecule has 1 aliphatic heterocycles. The summed E-state index contributed by atoms with van der Waals surface area (Å²) in [5.41, 5.74) is 2.06. The summed E-state index contributed by atoms with van der Waals surface area (Å²) in [4.78, 5) is 25.8. The number of anilines is 1. The quantitative estimate of drug-likeness (QED) is 0.452. The minimum atomic E-state index is -0.603. The lowest BCUT2D eigenvalue weighted by molar-refractivity contribution is 0.181. The molecule has 1 amide bonds. The van der Waals surface area contributed by atoms with Crippen LogP contribution in [0.25, 0.3) is 22.8 Å². The molecule has 0 unspecified atom stereocenters. The summed E-state index contributed by atoms with van der Waals surface area (Å²) in [6.07, 6.45) is 0.872. The second-order valence-corrected chi connectivity index (χ2v) is 7.87. The van der Waals surface area contributed by atoms with E-state index in [4.69, 9.17) is 16.3 Å². The van der Waals surface area contributed by atoms with Crippen LogP contribution in [0.5, 0.6) is 0 Å². The molecule has 0 radical (unpaired) electrons. The summed E-state index contributed by atoms with van der Waals surface area (Å²) in [5, 5.41) is 9.39. The highest BCUT2D eigenvalue weighted by molar-refractivity contribution is 6.30. The maximum Gasteiger partial charge on any atom is 0.414 e. The monoisotopic (exact) mass is 465 g/mol. The lowest BCUT2D eigenvalue weighted by Crippen LogP contribution is -2.23. The lowest BCUT2D eigenvalue weighted by atomic mass is 10.2. The normalized spacial score (nSPS) is 13.4. The number of cyclic esters (lactones) is 1. The fourth-order valence-corrected chi connectivity index (χ4v) is 3.85. The van der Waals surface area contributed by atoms with E-state index in [0.29, 0.717) is 34.3 Å². The molecule has 0 bridgehead atoms. The Morgan fingerprint density at radius 1 is 1.03 bits per heavy atom. The van der Waals surface area contributed by atoms with Crippen molar-refractivity contribution in [2.24, 2.45) is 0 Å². The SMILES string of the molecule is Cc1cc(-c2nn(-c3ccc(N4CCOC4=O)cc3F)ccc2=O)n(-c2cccc(Cl)c2)n1. The molecule has 166 valence electrons. The first-order valence-electron chi connectivity index (χ1n) is 10.1. The van der Waals surface area contributed by atoms with Gasteiger partial charge >= 0.3 is 6.09 Å². The van der Waals surface area contributed by atoms with Crippen LogP contribution < -0.4 is 10.3 Å². The van der Waals surface area contributed by atoms with Crippen molar-refractivity contribution in [1.29, 1.82) is 0 Å². The van der Waals surface area contributed by atoms with Gasteiger partial charge in [0.05, 0.1) is 29.3 Å². The van der Waals surface area contributed by atoms with E-state index in [1.165, 1.54) is 34.0 Å². The largest absolute Gasteiger partial charge is 0.447 e. The minimum absolute atomic E-state index is 0.102. The van der Waals surface area contributed by atoms with Crippen molar-refractivity contribution in [3.63, 3.8) is 0 Å². The first-order chi connectivity index (χ1) is 15.9. The number of rotatable bonds is 4. The fraction of sp³-hybridized carbons (Fsp3) is 0.130. The molecule has 8 nitrogen and oxygen atoms in total. The smallest absolute Gasteiger partial charge is 0.414 e. The summed E-state index contributed by atoms with van der Waals surface area (Å²) in [7, 11) is 0. The Balaban J connectivity index is 1.58. The van der Waals surface area contributed by atoms with Crippen LogP contribution in [-0.4, -0.2) is 38.8 Å². The van der Waals surface area contributed by atoms with Crippen molar-refractivity contribution in [2.75, 3.05) is 18.1 Å². The second kappa shape index (κ2) is 8.18. The number of benzene rings is 2. The predicted octanol–water partition coefficient (Wildman–Crippen LogP) is 4.14. The van der Waals surface area contributed by atoms with Gasteiger partial charge in [-0.15, -0.1) is 0 Å². The average Bonchev–Trinajstić information content (AvgIpc) is 3.39. The van der Waals surface area contributed by atoms with Crippen molar-refractivity contribution in [3.05, 3.63) is 87.6 Å². The molecule has 5 rings (SSSR count). The van der Waals surface area contributed by atoms with Gasteiger partial charge in [0.15, 0.2) is 11.5 Å². The zero-order valence-corrected chi connectivity index (χ0v) is 18.2. The van der Waals surface area contributed by atoms with Crippen molar-refractivity contribution < 1.29 is 13.9 Å². The number of halogens is 2. The van der Waals surface area contributed by atoms with Gasteiger partial charge in [0.25, 0.3) is 0 Å². The third-order valence-corrected chi connectivity index (χ3v) is 5.42. The lowest BCUT2D eigenvalue weighted by Gasteiger charge is -2.15. The topological polar surface area (TPSA) is 82.3 Å². The molecule has 0 saturated carbocycles. The maximum atomic E-state index is 15.0. The highest BCUT2D eigenvalue weighted by Gasteiger charge is 2.24. The molecule has 3 heterocycles. The van der Waals surface area contributed by atoms with E-state index in [1.54, 1.807) is 41.9 Å². The molecule has 1 saturated heterocycles. The molecule has 1 fully saturated rings. The molecule has 33 heavy (non-hydrogen) atoms. The number of carbonyl (C=O) groups excluding carboxylic acids is 1. The van der Waals surface area contributed by atoms with Crippen LogP contribution in [0.1, 0.15) is 5.69 Å². The van der Waals surface area contributed by atoms with Crippen LogP contribution >= 0.6 is 11.6 Å². The molecule has 2 aromatic carbocycles. The van der Waals surface area contributed by atoms with Crippen molar-refractivity contribution >= 4 is 23.4 Å². The van der Waals surface area contributed by atoms with E-state index in [9.17, 15) is 14.0 Å². The fourth-order valence-electron chi connectivity index (χ4n) is 3.67. The molecule has 4 aromatic rings. The molecule has 10 heteroatoms. The van der Waals surface area contributed by atoms with E-state index in [1.807, 2.05) is 6.07 Å². The number of aromatic nitrogens is 4. The van der Waals surface area contributed by atoms with E-state index in [0.717, 1.165) is 0 Å². The standard InChI is InChI=1S/C23H17ClFN5O3/c1-14-11-20(30(26-14)17-4-2-3-15(24)12-17)22-21(31)7-8-29(27-22)19-6-5-16(13-18(19)25)28-9-10-33-23(28)32/h2-8,11-13H,9-10H2,1H3. The number of amides is 1. The van der Waals surface area contributed by atoms with Gasteiger partial charge in [-0.3, -0.25) is 9.69 Å². The molecule has 2 aromatic heterocycles.